The van der Waals surface area contributed by atoms with E-state index in [0.717, 1.165) is 24.1 Å². The van der Waals surface area contributed by atoms with Gasteiger partial charge in [-0.05, 0) is 25.0 Å². The second kappa shape index (κ2) is 5.91. The van der Waals surface area contributed by atoms with Gasteiger partial charge in [0, 0.05) is 5.70 Å². The van der Waals surface area contributed by atoms with Crippen LogP contribution in [0.4, 0.5) is 0 Å². The van der Waals surface area contributed by atoms with E-state index < -0.39 is 11.9 Å². The maximum absolute atomic E-state index is 11.4. The Morgan fingerprint density at radius 1 is 1.47 bits per heavy atom. The summed E-state index contributed by atoms with van der Waals surface area (Å²) >= 11 is 0. The Hall–Kier alpha value is -1.77. The molecule has 1 heterocycles. The minimum atomic E-state index is -0.736. The summed E-state index contributed by atoms with van der Waals surface area (Å²) in [6.45, 7) is 4.13. The zero-order chi connectivity index (χ0) is 13.8. The van der Waals surface area contributed by atoms with E-state index in [2.05, 4.69) is 37.4 Å². The normalized spacial score (nSPS) is 22.6. The van der Waals surface area contributed by atoms with Crippen molar-refractivity contribution in [2.75, 3.05) is 0 Å². The zero-order valence-electron chi connectivity index (χ0n) is 11.5. The summed E-state index contributed by atoms with van der Waals surface area (Å²) in [5.41, 5.74) is 3.19. The smallest absolute Gasteiger partial charge is 0.312 e. The summed E-state index contributed by atoms with van der Waals surface area (Å²) in [6.07, 6.45) is 12.9. The number of hydrogen-bond donors (Lipinski definition) is 2. The standard InChI is InChI=1S/C16H21NO2/c1-3-4-7-13(16(18)19)15-10-12-9-11(2)6-5-8-14(12)17-15/h5-6,8-10,13-14,17H,3-4,7H2,1-2H3,(H,18,19). The maximum Gasteiger partial charge on any atom is 0.312 e. The van der Waals surface area contributed by atoms with Gasteiger partial charge in [0.05, 0.1) is 12.0 Å². The van der Waals surface area contributed by atoms with E-state index in [1.54, 1.807) is 0 Å². The summed E-state index contributed by atoms with van der Waals surface area (Å²) in [5.74, 6) is -1.15. The van der Waals surface area contributed by atoms with Gasteiger partial charge in [0.1, 0.15) is 0 Å². The lowest BCUT2D eigenvalue weighted by atomic mass is 9.98. The van der Waals surface area contributed by atoms with E-state index in [1.165, 1.54) is 5.57 Å². The average molecular weight is 259 g/mol. The Bertz CT molecular complexity index is 483. The molecule has 0 saturated heterocycles. The molecule has 0 aromatic rings. The molecule has 0 radical (unpaired) electrons. The molecule has 0 amide bonds. The fourth-order valence-electron chi connectivity index (χ4n) is 2.52. The molecule has 2 aliphatic rings. The molecule has 2 rings (SSSR count). The molecule has 19 heavy (non-hydrogen) atoms. The summed E-state index contributed by atoms with van der Waals surface area (Å²) in [5, 5.41) is 12.7. The van der Waals surface area contributed by atoms with Crippen LogP contribution < -0.4 is 5.32 Å². The minimum Gasteiger partial charge on any atom is -0.481 e. The van der Waals surface area contributed by atoms with Crippen molar-refractivity contribution in [3.63, 3.8) is 0 Å². The molecule has 2 unspecified atom stereocenters. The van der Waals surface area contributed by atoms with Gasteiger partial charge in [0.15, 0.2) is 0 Å². The third kappa shape index (κ3) is 3.16. The van der Waals surface area contributed by atoms with Gasteiger partial charge in [-0.3, -0.25) is 4.79 Å². The first-order valence-electron chi connectivity index (χ1n) is 6.89. The van der Waals surface area contributed by atoms with Crippen molar-refractivity contribution in [2.45, 2.75) is 39.2 Å². The highest BCUT2D eigenvalue weighted by Crippen LogP contribution is 2.28. The van der Waals surface area contributed by atoms with Crippen molar-refractivity contribution < 1.29 is 9.90 Å². The van der Waals surface area contributed by atoms with Gasteiger partial charge in [-0.25, -0.2) is 0 Å². The molecule has 1 aliphatic heterocycles. The molecule has 0 bridgehead atoms. The fourth-order valence-corrected chi connectivity index (χ4v) is 2.52. The van der Waals surface area contributed by atoms with E-state index in [1.807, 2.05) is 12.2 Å². The number of unbranched alkanes of at least 4 members (excludes halogenated alkanes) is 1. The van der Waals surface area contributed by atoms with Crippen molar-refractivity contribution in [1.82, 2.24) is 5.32 Å². The van der Waals surface area contributed by atoms with Crippen LogP contribution in [0.5, 0.6) is 0 Å². The quantitative estimate of drug-likeness (QED) is 0.797. The molecule has 0 aromatic carbocycles. The van der Waals surface area contributed by atoms with Gasteiger partial charge in [-0.15, -0.1) is 0 Å². The first-order chi connectivity index (χ1) is 9.11. The number of aliphatic carboxylic acids is 1. The van der Waals surface area contributed by atoms with Crippen molar-refractivity contribution in [2.24, 2.45) is 5.92 Å². The fraction of sp³-hybridized carbons (Fsp3) is 0.438. The highest BCUT2D eigenvalue weighted by atomic mass is 16.4. The van der Waals surface area contributed by atoms with Crippen LogP contribution in [0, 0.1) is 5.92 Å². The van der Waals surface area contributed by atoms with Crippen molar-refractivity contribution in [3.8, 4) is 0 Å². The largest absolute Gasteiger partial charge is 0.481 e. The van der Waals surface area contributed by atoms with Crippen LogP contribution in [0.2, 0.25) is 0 Å². The molecule has 2 atom stereocenters. The molecule has 0 fully saturated rings. The van der Waals surface area contributed by atoms with E-state index in [0.29, 0.717) is 6.42 Å². The number of fused-ring (bicyclic) bond motifs is 1. The van der Waals surface area contributed by atoms with Crippen LogP contribution in [0.3, 0.4) is 0 Å². The Balaban J connectivity index is 2.20. The lowest BCUT2D eigenvalue weighted by Crippen LogP contribution is -2.28. The molecular weight excluding hydrogens is 238 g/mol. The number of carbonyl (C=O) groups is 1. The highest BCUT2D eigenvalue weighted by molar-refractivity contribution is 5.74. The molecular formula is C16H21NO2. The SMILES string of the molecule is CCCCC(C(=O)O)C1=CC2=CC(C)=CC=CC2N1. The summed E-state index contributed by atoms with van der Waals surface area (Å²) in [4.78, 5) is 11.4. The molecule has 102 valence electrons. The third-order valence-corrected chi connectivity index (χ3v) is 3.58. The summed E-state index contributed by atoms with van der Waals surface area (Å²) in [7, 11) is 0. The Morgan fingerprint density at radius 3 is 2.95 bits per heavy atom. The number of carboxylic acids is 1. The minimum absolute atomic E-state index is 0.118. The van der Waals surface area contributed by atoms with Gasteiger partial charge in [-0.2, -0.15) is 0 Å². The van der Waals surface area contributed by atoms with Gasteiger partial charge in [0.25, 0.3) is 0 Å². The Labute approximate surface area is 114 Å². The van der Waals surface area contributed by atoms with Crippen LogP contribution in [0.15, 0.2) is 47.2 Å². The molecule has 0 aromatic heterocycles. The predicted octanol–water partition coefficient (Wildman–Crippen LogP) is 3.18. The van der Waals surface area contributed by atoms with Gasteiger partial charge in [-0.1, -0.05) is 49.6 Å². The Kier molecular flexibility index (Phi) is 4.25. The lowest BCUT2D eigenvalue weighted by molar-refractivity contribution is -0.140. The second-order valence-corrected chi connectivity index (χ2v) is 5.19. The van der Waals surface area contributed by atoms with Crippen LogP contribution >= 0.6 is 0 Å². The molecule has 3 heteroatoms. The van der Waals surface area contributed by atoms with Crippen LogP contribution in [0.1, 0.15) is 33.1 Å². The number of allylic oxidation sites excluding steroid dienone is 4. The van der Waals surface area contributed by atoms with E-state index in [-0.39, 0.29) is 6.04 Å². The van der Waals surface area contributed by atoms with Crippen molar-refractivity contribution >= 4 is 5.97 Å². The molecule has 0 spiro atoms. The van der Waals surface area contributed by atoms with Crippen molar-refractivity contribution in [1.29, 1.82) is 0 Å². The van der Waals surface area contributed by atoms with Crippen LogP contribution in [0.25, 0.3) is 0 Å². The second-order valence-electron chi connectivity index (χ2n) is 5.19. The first kappa shape index (κ1) is 13.7. The zero-order valence-corrected chi connectivity index (χ0v) is 11.5. The summed E-state index contributed by atoms with van der Waals surface area (Å²) in [6, 6.07) is 0.118. The third-order valence-electron chi connectivity index (χ3n) is 3.58. The molecule has 1 aliphatic carbocycles. The van der Waals surface area contributed by atoms with Crippen LogP contribution in [-0.2, 0) is 4.79 Å². The van der Waals surface area contributed by atoms with E-state index in [9.17, 15) is 9.90 Å². The average Bonchev–Trinajstić information content (AvgIpc) is 2.64. The maximum atomic E-state index is 11.4. The predicted molar refractivity (Wildman–Crippen MR) is 76.6 cm³/mol. The number of carboxylic acid groups (broad SMARTS) is 1. The summed E-state index contributed by atoms with van der Waals surface area (Å²) < 4.78 is 0. The van der Waals surface area contributed by atoms with Crippen molar-refractivity contribution in [3.05, 3.63) is 47.2 Å². The van der Waals surface area contributed by atoms with E-state index >= 15 is 0 Å². The first-order valence-corrected chi connectivity index (χ1v) is 6.89. The number of rotatable bonds is 5. The molecule has 2 N–H and O–H groups in total. The number of nitrogens with one attached hydrogen (secondary N) is 1. The molecule has 0 saturated carbocycles. The van der Waals surface area contributed by atoms with Gasteiger partial charge < -0.3 is 10.4 Å². The van der Waals surface area contributed by atoms with E-state index in [4.69, 9.17) is 0 Å². The van der Waals surface area contributed by atoms with Crippen LogP contribution in [-0.4, -0.2) is 17.1 Å². The highest BCUT2D eigenvalue weighted by Gasteiger charge is 2.28. The van der Waals surface area contributed by atoms with Gasteiger partial charge >= 0.3 is 5.97 Å². The lowest BCUT2D eigenvalue weighted by Gasteiger charge is -2.16. The topological polar surface area (TPSA) is 49.3 Å². The van der Waals surface area contributed by atoms with Gasteiger partial charge in [0.2, 0.25) is 0 Å². The monoisotopic (exact) mass is 259 g/mol. The number of hydrogen-bond acceptors (Lipinski definition) is 2. The Morgan fingerprint density at radius 2 is 2.26 bits per heavy atom. The molecule has 3 nitrogen and oxygen atoms in total.